The minimum absolute atomic E-state index is 0.241. The summed E-state index contributed by atoms with van der Waals surface area (Å²) in [6.45, 7) is 8.03. The second kappa shape index (κ2) is 7.36. The van der Waals surface area contributed by atoms with Crippen molar-refractivity contribution in [3.05, 3.63) is 34.6 Å². The van der Waals surface area contributed by atoms with Crippen LogP contribution in [0.4, 0.5) is 4.39 Å². The minimum atomic E-state index is -0.241. The first kappa shape index (κ1) is 15.7. The molecule has 0 aliphatic carbocycles. The van der Waals surface area contributed by atoms with Gasteiger partial charge in [-0.3, -0.25) is 4.90 Å². The van der Waals surface area contributed by atoms with Crippen molar-refractivity contribution in [3.63, 3.8) is 0 Å². The predicted molar refractivity (Wildman–Crippen MR) is 79.6 cm³/mol. The number of nitrogens with one attached hydrogen (secondary N) is 1. The van der Waals surface area contributed by atoms with E-state index in [0.717, 1.165) is 18.7 Å². The Morgan fingerprint density at radius 1 is 1.50 bits per heavy atom. The number of rotatable bonds is 5. The molecule has 1 fully saturated rings. The lowest BCUT2D eigenvalue weighted by Crippen LogP contribution is -2.50. The van der Waals surface area contributed by atoms with Crippen LogP contribution in [0.1, 0.15) is 19.4 Å². The summed E-state index contributed by atoms with van der Waals surface area (Å²) >= 11 is 6.15. The van der Waals surface area contributed by atoms with Crippen LogP contribution in [0.2, 0.25) is 5.02 Å². The average molecular weight is 301 g/mol. The van der Waals surface area contributed by atoms with Crippen LogP contribution in [-0.4, -0.2) is 43.3 Å². The van der Waals surface area contributed by atoms with Gasteiger partial charge in [0.25, 0.3) is 0 Å². The average Bonchev–Trinajstić information content (AvgIpc) is 2.42. The molecule has 1 atom stereocenters. The summed E-state index contributed by atoms with van der Waals surface area (Å²) in [7, 11) is 0. The van der Waals surface area contributed by atoms with Crippen molar-refractivity contribution in [2.75, 3.05) is 26.3 Å². The minimum Gasteiger partial charge on any atom is -0.378 e. The van der Waals surface area contributed by atoms with E-state index in [1.807, 2.05) is 0 Å². The summed E-state index contributed by atoms with van der Waals surface area (Å²) in [5.74, 6) is -0.241. The molecule has 0 bridgehead atoms. The van der Waals surface area contributed by atoms with E-state index in [-0.39, 0.29) is 5.82 Å². The van der Waals surface area contributed by atoms with Gasteiger partial charge in [0.05, 0.1) is 13.2 Å². The third-order valence-corrected chi connectivity index (χ3v) is 3.86. The quantitative estimate of drug-likeness (QED) is 0.905. The maximum atomic E-state index is 13.3. The fourth-order valence-electron chi connectivity index (χ4n) is 2.34. The zero-order valence-electron chi connectivity index (χ0n) is 12.0. The van der Waals surface area contributed by atoms with Crippen molar-refractivity contribution in [1.82, 2.24) is 10.2 Å². The van der Waals surface area contributed by atoms with Crippen molar-refractivity contribution >= 4 is 11.6 Å². The number of morpholine rings is 1. The molecule has 0 saturated carbocycles. The zero-order valence-corrected chi connectivity index (χ0v) is 12.8. The second-order valence-electron chi connectivity index (χ2n) is 5.50. The monoisotopic (exact) mass is 300 g/mol. The molecule has 1 aromatic rings. The predicted octanol–water partition coefficient (Wildman–Crippen LogP) is 2.68. The van der Waals surface area contributed by atoms with Crippen LogP contribution >= 0.6 is 11.6 Å². The van der Waals surface area contributed by atoms with E-state index >= 15 is 0 Å². The highest BCUT2D eigenvalue weighted by molar-refractivity contribution is 6.31. The lowest BCUT2D eigenvalue weighted by atomic mass is 10.1. The van der Waals surface area contributed by atoms with Gasteiger partial charge in [-0.2, -0.15) is 0 Å². The van der Waals surface area contributed by atoms with Gasteiger partial charge in [0.1, 0.15) is 5.82 Å². The Labute approximate surface area is 125 Å². The number of hydrogen-bond donors (Lipinski definition) is 1. The van der Waals surface area contributed by atoms with E-state index in [4.69, 9.17) is 16.3 Å². The van der Waals surface area contributed by atoms with Crippen molar-refractivity contribution < 1.29 is 9.13 Å². The SMILES string of the molecule is CC(C)NCC1COCCN1Cc1cc(F)ccc1Cl. The third kappa shape index (κ3) is 4.42. The van der Waals surface area contributed by atoms with E-state index < -0.39 is 0 Å². The number of ether oxygens (including phenoxy) is 1. The maximum Gasteiger partial charge on any atom is 0.123 e. The summed E-state index contributed by atoms with van der Waals surface area (Å²) in [5.41, 5.74) is 0.836. The number of hydrogen-bond acceptors (Lipinski definition) is 3. The maximum absolute atomic E-state index is 13.3. The van der Waals surface area contributed by atoms with Gasteiger partial charge in [-0.25, -0.2) is 4.39 Å². The van der Waals surface area contributed by atoms with Gasteiger partial charge in [0.15, 0.2) is 0 Å². The van der Waals surface area contributed by atoms with Gasteiger partial charge in [0, 0.05) is 36.7 Å². The largest absolute Gasteiger partial charge is 0.378 e. The molecule has 1 N–H and O–H groups in total. The Balaban J connectivity index is 2.02. The normalized spacial score (nSPS) is 20.6. The molecular formula is C15H22ClFN2O. The third-order valence-electron chi connectivity index (χ3n) is 3.49. The molecule has 1 aliphatic rings. The van der Waals surface area contributed by atoms with E-state index in [9.17, 15) is 4.39 Å². The Kier molecular flexibility index (Phi) is 5.78. The van der Waals surface area contributed by atoms with Crippen LogP contribution in [0.3, 0.4) is 0 Å². The summed E-state index contributed by atoms with van der Waals surface area (Å²) in [5, 5.41) is 4.05. The lowest BCUT2D eigenvalue weighted by molar-refractivity contribution is -0.0115. The van der Waals surface area contributed by atoms with Crippen LogP contribution in [0, 0.1) is 5.82 Å². The molecule has 0 radical (unpaired) electrons. The van der Waals surface area contributed by atoms with Gasteiger partial charge >= 0.3 is 0 Å². The first-order valence-electron chi connectivity index (χ1n) is 7.05. The molecule has 1 aliphatic heterocycles. The first-order chi connectivity index (χ1) is 9.56. The van der Waals surface area contributed by atoms with E-state index in [0.29, 0.717) is 36.9 Å². The van der Waals surface area contributed by atoms with Crippen LogP contribution in [0.25, 0.3) is 0 Å². The number of halogens is 2. The summed E-state index contributed by atoms with van der Waals surface area (Å²) in [6.07, 6.45) is 0. The fraction of sp³-hybridized carbons (Fsp3) is 0.600. The van der Waals surface area contributed by atoms with E-state index in [2.05, 4.69) is 24.1 Å². The zero-order chi connectivity index (χ0) is 14.5. The molecule has 1 saturated heterocycles. The van der Waals surface area contributed by atoms with Crippen LogP contribution in [0.5, 0.6) is 0 Å². The van der Waals surface area contributed by atoms with Crippen LogP contribution < -0.4 is 5.32 Å². The molecule has 2 rings (SSSR count). The Morgan fingerprint density at radius 2 is 2.30 bits per heavy atom. The van der Waals surface area contributed by atoms with Gasteiger partial charge in [-0.1, -0.05) is 25.4 Å². The topological polar surface area (TPSA) is 24.5 Å². The molecule has 0 spiro atoms. The van der Waals surface area contributed by atoms with Gasteiger partial charge < -0.3 is 10.1 Å². The van der Waals surface area contributed by atoms with Gasteiger partial charge in [-0.15, -0.1) is 0 Å². The second-order valence-corrected chi connectivity index (χ2v) is 5.91. The van der Waals surface area contributed by atoms with E-state index in [1.54, 1.807) is 6.07 Å². The molecule has 0 aromatic heterocycles. The molecular weight excluding hydrogens is 279 g/mol. The molecule has 5 heteroatoms. The van der Waals surface area contributed by atoms with Gasteiger partial charge in [0.2, 0.25) is 0 Å². The molecule has 3 nitrogen and oxygen atoms in total. The molecule has 112 valence electrons. The highest BCUT2D eigenvalue weighted by atomic mass is 35.5. The fourth-order valence-corrected chi connectivity index (χ4v) is 2.52. The van der Waals surface area contributed by atoms with E-state index in [1.165, 1.54) is 12.1 Å². The van der Waals surface area contributed by atoms with Crippen LogP contribution in [-0.2, 0) is 11.3 Å². The lowest BCUT2D eigenvalue weighted by Gasteiger charge is -2.36. The highest BCUT2D eigenvalue weighted by Crippen LogP contribution is 2.21. The summed E-state index contributed by atoms with van der Waals surface area (Å²) in [6, 6.07) is 5.27. The molecule has 1 aromatic carbocycles. The molecule has 0 amide bonds. The number of nitrogens with zero attached hydrogens (tertiary/aromatic N) is 1. The highest BCUT2D eigenvalue weighted by Gasteiger charge is 2.23. The smallest absolute Gasteiger partial charge is 0.123 e. The molecule has 1 heterocycles. The molecule has 1 unspecified atom stereocenters. The van der Waals surface area contributed by atoms with Gasteiger partial charge in [-0.05, 0) is 23.8 Å². The molecule has 20 heavy (non-hydrogen) atoms. The Bertz CT molecular complexity index is 442. The summed E-state index contributed by atoms with van der Waals surface area (Å²) < 4.78 is 18.9. The standard InChI is InChI=1S/C15H22ClFN2O/c1-11(2)18-8-14-10-20-6-5-19(14)9-12-7-13(17)3-4-15(12)16/h3-4,7,11,14,18H,5-6,8-10H2,1-2H3. The Morgan fingerprint density at radius 3 is 3.05 bits per heavy atom. The van der Waals surface area contributed by atoms with Crippen molar-refractivity contribution in [1.29, 1.82) is 0 Å². The van der Waals surface area contributed by atoms with Crippen molar-refractivity contribution in [2.24, 2.45) is 0 Å². The summed E-state index contributed by atoms with van der Waals surface area (Å²) in [4.78, 5) is 2.31. The van der Waals surface area contributed by atoms with Crippen LogP contribution in [0.15, 0.2) is 18.2 Å². The first-order valence-corrected chi connectivity index (χ1v) is 7.43. The number of benzene rings is 1. The Hall–Kier alpha value is -0.680. The van der Waals surface area contributed by atoms with Crippen molar-refractivity contribution in [2.45, 2.75) is 32.5 Å². The van der Waals surface area contributed by atoms with Crippen molar-refractivity contribution in [3.8, 4) is 0 Å².